The van der Waals surface area contributed by atoms with Crippen molar-refractivity contribution in [3.8, 4) is 11.4 Å². The zero-order valence-electron chi connectivity index (χ0n) is 14.2. The standard InChI is InChI=1S/C19H24N4O/c1-13-12-24-11-10-23(13)19-16-4-2-3-5-17(16)21-18(22-19)14-6-8-15(20)9-7-14/h6-9,13H,2-5,10-12,20H2,1H3. The van der Waals surface area contributed by atoms with Gasteiger partial charge in [0.05, 0.1) is 19.3 Å². The van der Waals surface area contributed by atoms with Crippen LogP contribution in [0.1, 0.15) is 31.0 Å². The van der Waals surface area contributed by atoms with Crippen molar-refractivity contribution in [1.29, 1.82) is 0 Å². The average Bonchev–Trinajstić information content (AvgIpc) is 2.62. The van der Waals surface area contributed by atoms with Gasteiger partial charge in [-0.15, -0.1) is 0 Å². The van der Waals surface area contributed by atoms with Gasteiger partial charge in [-0.25, -0.2) is 9.97 Å². The van der Waals surface area contributed by atoms with E-state index in [1.54, 1.807) is 0 Å². The first-order chi connectivity index (χ1) is 11.7. The summed E-state index contributed by atoms with van der Waals surface area (Å²) in [7, 11) is 0. The molecule has 1 saturated heterocycles. The quantitative estimate of drug-likeness (QED) is 0.861. The normalized spacial score (nSPS) is 20.7. The maximum Gasteiger partial charge on any atom is 0.161 e. The Hall–Kier alpha value is -2.14. The maximum absolute atomic E-state index is 5.82. The van der Waals surface area contributed by atoms with E-state index in [4.69, 9.17) is 20.4 Å². The molecule has 1 fully saturated rings. The van der Waals surface area contributed by atoms with Crippen molar-refractivity contribution >= 4 is 11.5 Å². The third kappa shape index (κ3) is 2.84. The zero-order valence-corrected chi connectivity index (χ0v) is 14.2. The molecule has 2 aliphatic rings. The van der Waals surface area contributed by atoms with Gasteiger partial charge in [-0.3, -0.25) is 0 Å². The highest BCUT2D eigenvalue weighted by Gasteiger charge is 2.26. The Balaban J connectivity index is 1.81. The van der Waals surface area contributed by atoms with Crippen LogP contribution in [0.5, 0.6) is 0 Å². The summed E-state index contributed by atoms with van der Waals surface area (Å²) in [5.74, 6) is 1.92. The van der Waals surface area contributed by atoms with E-state index in [2.05, 4.69) is 11.8 Å². The van der Waals surface area contributed by atoms with Crippen LogP contribution in [0.3, 0.4) is 0 Å². The summed E-state index contributed by atoms with van der Waals surface area (Å²) in [6.07, 6.45) is 4.56. The number of aryl methyl sites for hydroxylation is 1. The van der Waals surface area contributed by atoms with Crippen molar-refractivity contribution in [3.05, 3.63) is 35.5 Å². The molecule has 126 valence electrons. The largest absolute Gasteiger partial charge is 0.399 e. The van der Waals surface area contributed by atoms with Gasteiger partial charge in [0.1, 0.15) is 5.82 Å². The lowest BCUT2D eigenvalue weighted by Crippen LogP contribution is -2.45. The average molecular weight is 324 g/mol. The Morgan fingerprint density at radius 3 is 2.71 bits per heavy atom. The lowest BCUT2D eigenvalue weighted by molar-refractivity contribution is 0.0984. The molecule has 2 N–H and O–H groups in total. The number of benzene rings is 1. The lowest BCUT2D eigenvalue weighted by atomic mass is 9.95. The van der Waals surface area contributed by atoms with Gasteiger partial charge in [0.25, 0.3) is 0 Å². The molecule has 24 heavy (non-hydrogen) atoms. The van der Waals surface area contributed by atoms with Gasteiger partial charge in [0, 0.05) is 29.1 Å². The third-order valence-electron chi connectivity index (χ3n) is 4.97. The predicted octanol–water partition coefficient (Wildman–Crippen LogP) is 2.83. The van der Waals surface area contributed by atoms with Gasteiger partial charge in [-0.05, 0) is 56.9 Å². The van der Waals surface area contributed by atoms with Crippen molar-refractivity contribution in [2.24, 2.45) is 0 Å². The Morgan fingerprint density at radius 2 is 1.92 bits per heavy atom. The van der Waals surface area contributed by atoms with Crippen LogP contribution in [0, 0.1) is 0 Å². The van der Waals surface area contributed by atoms with Crippen LogP contribution in [0.15, 0.2) is 24.3 Å². The topological polar surface area (TPSA) is 64.3 Å². The first kappa shape index (κ1) is 15.4. The molecule has 1 aromatic carbocycles. The van der Waals surface area contributed by atoms with Gasteiger partial charge in [-0.2, -0.15) is 0 Å². The van der Waals surface area contributed by atoms with E-state index in [1.807, 2.05) is 24.3 Å². The number of hydrogen-bond donors (Lipinski definition) is 1. The number of ether oxygens (including phenoxy) is 1. The van der Waals surface area contributed by atoms with Crippen LogP contribution in [0.25, 0.3) is 11.4 Å². The van der Waals surface area contributed by atoms with Gasteiger partial charge in [0.15, 0.2) is 5.82 Å². The minimum Gasteiger partial charge on any atom is -0.399 e. The molecule has 1 atom stereocenters. The van der Waals surface area contributed by atoms with E-state index in [1.165, 1.54) is 24.1 Å². The van der Waals surface area contributed by atoms with E-state index in [0.717, 1.165) is 55.5 Å². The second kappa shape index (κ2) is 6.40. The number of aromatic nitrogens is 2. The van der Waals surface area contributed by atoms with Crippen molar-refractivity contribution in [3.63, 3.8) is 0 Å². The highest BCUT2D eigenvalue weighted by Crippen LogP contribution is 2.32. The van der Waals surface area contributed by atoms with Crippen molar-refractivity contribution < 1.29 is 4.74 Å². The highest BCUT2D eigenvalue weighted by atomic mass is 16.5. The fraction of sp³-hybridized carbons (Fsp3) is 0.474. The molecule has 0 amide bonds. The number of rotatable bonds is 2. The SMILES string of the molecule is CC1COCCN1c1nc(-c2ccc(N)cc2)nc2c1CCCC2. The van der Waals surface area contributed by atoms with Crippen LogP contribution in [-0.4, -0.2) is 35.8 Å². The van der Waals surface area contributed by atoms with Crippen LogP contribution < -0.4 is 10.6 Å². The Labute approximate surface area is 142 Å². The molecule has 1 unspecified atom stereocenters. The number of fused-ring (bicyclic) bond motifs is 1. The molecule has 1 aliphatic carbocycles. The molecule has 1 aromatic heterocycles. The maximum atomic E-state index is 5.82. The molecule has 4 rings (SSSR count). The summed E-state index contributed by atoms with van der Waals surface area (Å²) >= 11 is 0. The molecule has 0 radical (unpaired) electrons. The van der Waals surface area contributed by atoms with Gasteiger partial charge in [0.2, 0.25) is 0 Å². The van der Waals surface area contributed by atoms with Crippen LogP contribution >= 0.6 is 0 Å². The van der Waals surface area contributed by atoms with Gasteiger partial charge >= 0.3 is 0 Å². The molecule has 0 spiro atoms. The molecule has 5 heteroatoms. The monoisotopic (exact) mass is 324 g/mol. The summed E-state index contributed by atoms with van der Waals surface area (Å²) in [6.45, 7) is 4.63. The second-order valence-electron chi connectivity index (χ2n) is 6.74. The molecular formula is C19H24N4O. The van der Waals surface area contributed by atoms with E-state index in [-0.39, 0.29) is 0 Å². The Kier molecular flexibility index (Phi) is 4.10. The fourth-order valence-corrected chi connectivity index (χ4v) is 3.61. The summed E-state index contributed by atoms with van der Waals surface area (Å²) in [5, 5.41) is 0. The van der Waals surface area contributed by atoms with Crippen LogP contribution in [0.2, 0.25) is 0 Å². The molecule has 1 aliphatic heterocycles. The molecule has 2 heterocycles. The number of morpholine rings is 1. The molecule has 5 nitrogen and oxygen atoms in total. The van der Waals surface area contributed by atoms with Gasteiger partial charge < -0.3 is 15.4 Å². The van der Waals surface area contributed by atoms with Crippen LogP contribution in [0.4, 0.5) is 11.5 Å². The van der Waals surface area contributed by atoms with Crippen LogP contribution in [-0.2, 0) is 17.6 Å². The second-order valence-corrected chi connectivity index (χ2v) is 6.74. The summed E-state index contributed by atoms with van der Waals surface area (Å²) in [5.41, 5.74) is 10.2. The summed E-state index contributed by atoms with van der Waals surface area (Å²) < 4.78 is 5.61. The summed E-state index contributed by atoms with van der Waals surface area (Å²) in [6, 6.07) is 8.18. The number of nitrogens with zero attached hydrogens (tertiary/aromatic N) is 3. The number of nitrogen functional groups attached to an aromatic ring is 1. The minimum absolute atomic E-state index is 0.346. The van der Waals surface area contributed by atoms with E-state index < -0.39 is 0 Å². The molecule has 0 saturated carbocycles. The smallest absolute Gasteiger partial charge is 0.161 e. The Morgan fingerprint density at radius 1 is 1.12 bits per heavy atom. The first-order valence-electron chi connectivity index (χ1n) is 8.82. The van der Waals surface area contributed by atoms with E-state index in [0.29, 0.717) is 6.04 Å². The zero-order chi connectivity index (χ0) is 16.5. The predicted molar refractivity (Wildman–Crippen MR) is 96.1 cm³/mol. The Bertz CT molecular complexity index is 729. The number of nitrogens with two attached hydrogens (primary N) is 1. The van der Waals surface area contributed by atoms with E-state index in [9.17, 15) is 0 Å². The van der Waals surface area contributed by atoms with E-state index >= 15 is 0 Å². The van der Waals surface area contributed by atoms with Crippen molar-refractivity contribution in [2.45, 2.75) is 38.6 Å². The molecular weight excluding hydrogens is 300 g/mol. The van der Waals surface area contributed by atoms with Gasteiger partial charge in [-0.1, -0.05) is 0 Å². The molecule has 0 bridgehead atoms. The lowest BCUT2D eigenvalue weighted by Gasteiger charge is -2.36. The third-order valence-corrected chi connectivity index (χ3v) is 4.97. The minimum atomic E-state index is 0.346. The highest BCUT2D eigenvalue weighted by molar-refractivity contribution is 5.63. The fourth-order valence-electron chi connectivity index (χ4n) is 3.61. The first-order valence-corrected chi connectivity index (χ1v) is 8.82. The number of anilines is 2. The summed E-state index contributed by atoms with van der Waals surface area (Å²) in [4.78, 5) is 12.3. The van der Waals surface area contributed by atoms with Crippen molar-refractivity contribution in [1.82, 2.24) is 9.97 Å². The molecule has 2 aromatic rings. The van der Waals surface area contributed by atoms with Crippen molar-refractivity contribution in [2.75, 3.05) is 30.4 Å². The number of hydrogen-bond acceptors (Lipinski definition) is 5.